The van der Waals surface area contributed by atoms with Crippen molar-refractivity contribution in [2.45, 2.75) is 20.0 Å². The van der Waals surface area contributed by atoms with E-state index in [1.807, 2.05) is 24.3 Å². The van der Waals surface area contributed by atoms with Crippen molar-refractivity contribution in [2.24, 2.45) is 0 Å². The first kappa shape index (κ1) is 16.9. The van der Waals surface area contributed by atoms with Gasteiger partial charge >= 0.3 is 0 Å². The Kier molecular flexibility index (Phi) is 5.20. The fourth-order valence-electron chi connectivity index (χ4n) is 2.41. The molecule has 0 saturated carbocycles. The zero-order valence-electron chi connectivity index (χ0n) is 13.9. The van der Waals surface area contributed by atoms with Gasteiger partial charge in [0.05, 0.1) is 6.61 Å². The number of aromatic nitrogens is 2. The van der Waals surface area contributed by atoms with Gasteiger partial charge in [-0.25, -0.2) is 0 Å². The van der Waals surface area contributed by atoms with Gasteiger partial charge in [-0.05, 0) is 41.8 Å². The van der Waals surface area contributed by atoms with Crippen LogP contribution in [-0.2, 0) is 13.0 Å². The first-order chi connectivity index (χ1) is 12.2. The van der Waals surface area contributed by atoms with Crippen LogP contribution in [0.2, 0.25) is 0 Å². The van der Waals surface area contributed by atoms with Crippen LogP contribution in [0.15, 0.2) is 52.9 Å². The summed E-state index contributed by atoms with van der Waals surface area (Å²) >= 11 is 0. The summed E-state index contributed by atoms with van der Waals surface area (Å²) in [6.45, 7) is 2.31. The maximum absolute atomic E-state index is 12.2. The van der Waals surface area contributed by atoms with E-state index in [1.165, 1.54) is 0 Å². The normalized spacial score (nSPS) is 10.6. The van der Waals surface area contributed by atoms with Crippen molar-refractivity contribution in [1.82, 2.24) is 15.5 Å². The van der Waals surface area contributed by atoms with Crippen LogP contribution >= 0.6 is 0 Å². The molecular weight excluding hydrogens is 318 g/mol. The summed E-state index contributed by atoms with van der Waals surface area (Å²) in [4.78, 5) is 12.2. The van der Waals surface area contributed by atoms with E-state index in [0.29, 0.717) is 23.9 Å². The maximum atomic E-state index is 12.2. The van der Waals surface area contributed by atoms with Gasteiger partial charge in [0.2, 0.25) is 11.8 Å². The highest BCUT2D eigenvalue weighted by Gasteiger charge is 2.09. The quantitative estimate of drug-likeness (QED) is 0.721. The van der Waals surface area contributed by atoms with Crippen LogP contribution in [-0.4, -0.2) is 27.8 Å². The van der Waals surface area contributed by atoms with Crippen LogP contribution in [0.5, 0.6) is 0 Å². The minimum absolute atomic E-state index is 0.0379. The van der Waals surface area contributed by atoms with Gasteiger partial charge in [-0.2, -0.15) is 0 Å². The zero-order chi connectivity index (χ0) is 17.6. The Bertz CT molecular complexity index is 839. The topological polar surface area (TPSA) is 88.2 Å². The summed E-state index contributed by atoms with van der Waals surface area (Å²) in [5, 5.41) is 19.7. The molecule has 0 unspecified atom stereocenters. The van der Waals surface area contributed by atoms with Crippen molar-refractivity contribution < 1.29 is 14.3 Å². The van der Waals surface area contributed by atoms with Crippen molar-refractivity contribution in [2.75, 3.05) is 6.54 Å². The second kappa shape index (κ2) is 7.72. The van der Waals surface area contributed by atoms with E-state index >= 15 is 0 Å². The summed E-state index contributed by atoms with van der Waals surface area (Å²) in [5.74, 6) is 0.819. The molecule has 1 amide bonds. The molecule has 3 rings (SSSR count). The number of aliphatic hydroxyl groups is 1. The number of benzene rings is 2. The van der Waals surface area contributed by atoms with Crippen molar-refractivity contribution in [3.8, 4) is 11.5 Å². The molecule has 3 aromatic rings. The number of hydrogen-bond acceptors (Lipinski definition) is 5. The average Bonchev–Trinajstić information content (AvgIpc) is 3.09. The van der Waals surface area contributed by atoms with Gasteiger partial charge in [0.15, 0.2) is 0 Å². The van der Waals surface area contributed by atoms with Crippen molar-refractivity contribution >= 4 is 5.91 Å². The highest BCUT2D eigenvalue weighted by atomic mass is 16.4. The van der Waals surface area contributed by atoms with Crippen molar-refractivity contribution in [1.29, 1.82) is 0 Å². The van der Waals surface area contributed by atoms with E-state index < -0.39 is 0 Å². The van der Waals surface area contributed by atoms with Crippen molar-refractivity contribution in [3.63, 3.8) is 0 Å². The number of nitrogens with zero attached hydrogens (tertiary/aromatic N) is 2. The van der Waals surface area contributed by atoms with E-state index in [2.05, 4.69) is 15.5 Å². The van der Waals surface area contributed by atoms with E-state index in [9.17, 15) is 4.79 Å². The fraction of sp³-hybridized carbons (Fsp3) is 0.211. The minimum atomic E-state index is -0.125. The molecule has 25 heavy (non-hydrogen) atoms. The molecule has 1 aromatic heterocycles. The lowest BCUT2D eigenvalue weighted by Gasteiger charge is -2.06. The molecule has 0 spiro atoms. The first-order valence-corrected chi connectivity index (χ1v) is 8.03. The molecule has 0 aliphatic carbocycles. The standard InChI is InChI=1S/C19H19N3O3/c1-13-21-22-19(25-13)17-8-6-16(7-9-17)18(24)20-11-10-14-2-4-15(12-23)5-3-14/h2-9,23H,10-12H2,1H3,(H,20,24). The highest BCUT2D eigenvalue weighted by molar-refractivity contribution is 5.94. The lowest BCUT2D eigenvalue weighted by Crippen LogP contribution is -2.25. The van der Waals surface area contributed by atoms with Gasteiger partial charge in [-0.1, -0.05) is 24.3 Å². The number of aliphatic hydroxyl groups excluding tert-OH is 1. The Hall–Kier alpha value is -2.99. The predicted octanol–water partition coefficient (Wildman–Crippen LogP) is 2.51. The van der Waals surface area contributed by atoms with E-state index in [4.69, 9.17) is 9.52 Å². The number of aryl methyl sites for hydroxylation is 1. The highest BCUT2D eigenvalue weighted by Crippen LogP contribution is 2.18. The molecule has 0 saturated heterocycles. The molecule has 2 aromatic carbocycles. The van der Waals surface area contributed by atoms with Gasteiger partial charge in [-0.3, -0.25) is 4.79 Å². The van der Waals surface area contributed by atoms with Crippen LogP contribution in [0.3, 0.4) is 0 Å². The molecule has 0 fully saturated rings. The molecule has 6 nitrogen and oxygen atoms in total. The molecule has 0 aliphatic heterocycles. The smallest absolute Gasteiger partial charge is 0.251 e. The summed E-state index contributed by atoms with van der Waals surface area (Å²) in [6.07, 6.45) is 0.733. The van der Waals surface area contributed by atoms with E-state index in [-0.39, 0.29) is 12.5 Å². The second-order valence-corrected chi connectivity index (χ2v) is 5.68. The van der Waals surface area contributed by atoms with Gasteiger partial charge in [0.25, 0.3) is 5.91 Å². The summed E-state index contributed by atoms with van der Waals surface area (Å²) in [5.41, 5.74) is 3.35. The molecule has 0 radical (unpaired) electrons. The molecular formula is C19H19N3O3. The molecule has 0 bridgehead atoms. The Labute approximate surface area is 145 Å². The SMILES string of the molecule is Cc1nnc(-c2ccc(C(=O)NCCc3ccc(CO)cc3)cc2)o1. The Morgan fingerprint density at radius 3 is 2.32 bits per heavy atom. The lowest BCUT2D eigenvalue weighted by atomic mass is 10.1. The largest absolute Gasteiger partial charge is 0.421 e. The monoisotopic (exact) mass is 337 g/mol. The third-order valence-electron chi connectivity index (χ3n) is 3.82. The number of nitrogens with one attached hydrogen (secondary N) is 1. The Morgan fingerprint density at radius 1 is 1.04 bits per heavy atom. The van der Waals surface area contributed by atoms with Crippen LogP contribution in [0.4, 0.5) is 0 Å². The third-order valence-corrected chi connectivity index (χ3v) is 3.82. The molecule has 6 heteroatoms. The summed E-state index contributed by atoms with van der Waals surface area (Å²) in [6, 6.07) is 14.7. The van der Waals surface area contributed by atoms with E-state index in [1.54, 1.807) is 31.2 Å². The number of carbonyl (C=O) groups excluding carboxylic acids is 1. The number of rotatable bonds is 6. The molecule has 1 heterocycles. The van der Waals surface area contributed by atoms with Crippen LogP contribution in [0, 0.1) is 6.92 Å². The molecule has 0 atom stereocenters. The average molecular weight is 337 g/mol. The van der Waals surface area contributed by atoms with Gasteiger partial charge in [0.1, 0.15) is 0 Å². The lowest BCUT2D eigenvalue weighted by molar-refractivity contribution is 0.0954. The molecule has 0 aliphatic rings. The number of amides is 1. The van der Waals surface area contributed by atoms with Gasteiger partial charge in [0, 0.05) is 24.6 Å². The summed E-state index contributed by atoms with van der Waals surface area (Å²) < 4.78 is 5.36. The van der Waals surface area contributed by atoms with Gasteiger partial charge in [-0.15, -0.1) is 10.2 Å². The summed E-state index contributed by atoms with van der Waals surface area (Å²) in [7, 11) is 0. The van der Waals surface area contributed by atoms with Crippen LogP contribution < -0.4 is 5.32 Å². The number of carbonyl (C=O) groups is 1. The Morgan fingerprint density at radius 2 is 1.72 bits per heavy atom. The zero-order valence-corrected chi connectivity index (χ0v) is 13.9. The molecule has 128 valence electrons. The third kappa shape index (κ3) is 4.30. The second-order valence-electron chi connectivity index (χ2n) is 5.68. The number of hydrogen-bond donors (Lipinski definition) is 2. The fourth-order valence-corrected chi connectivity index (χ4v) is 2.41. The first-order valence-electron chi connectivity index (χ1n) is 8.03. The van der Waals surface area contributed by atoms with Gasteiger partial charge < -0.3 is 14.8 Å². The molecule has 2 N–H and O–H groups in total. The Balaban J connectivity index is 1.54. The van der Waals surface area contributed by atoms with E-state index in [0.717, 1.165) is 23.1 Å². The van der Waals surface area contributed by atoms with Crippen LogP contribution in [0.1, 0.15) is 27.4 Å². The maximum Gasteiger partial charge on any atom is 0.251 e. The van der Waals surface area contributed by atoms with Crippen molar-refractivity contribution in [3.05, 3.63) is 71.1 Å². The van der Waals surface area contributed by atoms with Crippen LogP contribution in [0.25, 0.3) is 11.5 Å². The predicted molar refractivity (Wildman–Crippen MR) is 92.9 cm³/mol. The minimum Gasteiger partial charge on any atom is -0.421 e.